The van der Waals surface area contributed by atoms with Crippen molar-refractivity contribution in [2.45, 2.75) is 19.9 Å². The third kappa shape index (κ3) is 5.24. The third-order valence-corrected chi connectivity index (χ3v) is 2.25. The first kappa shape index (κ1) is 13.3. The molecule has 0 radical (unpaired) electrons. The summed E-state index contributed by atoms with van der Waals surface area (Å²) in [5, 5.41) is 3.34. The van der Waals surface area contributed by atoms with E-state index in [4.69, 9.17) is 4.74 Å². The Kier molecular flexibility index (Phi) is 6.62. The van der Waals surface area contributed by atoms with Crippen LogP contribution in [0.15, 0.2) is 36.9 Å². The van der Waals surface area contributed by atoms with Crippen LogP contribution in [0.3, 0.4) is 0 Å². The van der Waals surface area contributed by atoms with Crippen molar-refractivity contribution >= 4 is 0 Å². The van der Waals surface area contributed by atoms with Gasteiger partial charge in [0.05, 0.1) is 0 Å². The van der Waals surface area contributed by atoms with Gasteiger partial charge in [-0.25, -0.2) is 0 Å². The molecule has 2 nitrogen and oxygen atoms in total. The van der Waals surface area contributed by atoms with Gasteiger partial charge >= 0.3 is 0 Å². The Morgan fingerprint density at radius 2 is 2.24 bits per heavy atom. The maximum absolute atomic E-state index is 5.58. The number of nitrogens with one attached hydrogen (secondary N) is 1. The Hall–Kier alpha value is -1.72. The highest BCUT2D eigenvalue weighted by molar-refractivity contribution is 5.33. The van der Waals surface area contributed by atoms with E-state index in [1.807, 2.05) is 25.1 Å². The number of benzene rings is 1. The van der Waals surface area contributed by atoms with Crippen LogP contribution in [0.1, 0.15) is 18.9 Å². The molecule has 0 aliphatic heterocycles. The molecule has 0 saturated heterocycles. The fourth-order valence-corrected chi connectivity index (χ4v) is 1.44. The Bertz CT molecular complexity index is 401. The second-order valence-electron chi connectivity index (χ2n) is 3.56. The summed E-state index contributed by atoms with van der Waals surface area (Å²) in [7, 11) is 0. The first-order chi connectivity index (χ1) is 8.38. The van der Waals surface area contributed by atoms with Crippen LogP contribution in [-0.2, 0) is 6.54 Å². The van der Waals surface area contributed by atoms with Crippen LogP contribution in [-0.4, -0.2) is 13.2 Å². The maximum atomic E-state index is 5.58. The van der Waals surface area contributed by atoms with Gasteiger partial charge < -0.3 is 10.1 Å². The zero-order valence-electron chi connectivity index (χ0n) is 10.3. The minimum absolute atomic E-state index is 0.540. The highest BCUT2D eigenvalue weighted by Gasteiger charge is 2.00. The van der Waals surface area contributed by atoms with Gasteiger partial charge in [0.25, 0.3) is 0 Å². The molecule has 2 heteroatoms. The summed E-state index contributed by atoms with van der Waals surface area (Å²) in [5.74, 6) is 6.82. The fourth-order valence-electron chi connectivity index (χ4n) is 1.44. The molecule has 17 heavy (non-hydrogen) atoms. The molecule has 0 amide bonds. The van der Waals surface area contributed by atoms with E-state index in [0.29, 0.717) is 6.61 Å². The summed E-state index contributed by atoms with van der Waals surface area (Å²) in [6.07, 6.45) is 2.63. The third-order valence-electron chi connectivity index (χ3n) is 2.25. The van der Waals surface area contributed by atoms with Crippen LogP contribution in [0.5, 0.6) is 5.75 Å². The molecule has 90 valence electrons. The van der Waals surface area contributed by atoms with Crippen molar-refractivity contribution in [3.05, 3.63) is 42.5 Å². The molecule has 1 rings (SSSR count). The lowest BCUT2D eigenvalue weighted by atomic mass is 10.2. The Balaban J connectivity index is 2.44. The largest absolute Gasteiger partial charge is 0.489 e. The molecular weight excluding hydrogens is 210 g/mol. The van der Waals surface area contributed by atoms with Crippen LogP contribution < -0.4 is 10.1 Å². The molecule has 0 unspecified atom stereocenters. The van der Waals surface area contributed by atoms with Crippen molar-refractivity contribution in [3.8, 4) is 17.6 Å². The molecule has 0 aromatic heterocycles. The topological polar surface area (TPSA) is 21.3 Å². The lowest BCUT2D eigenvalue weighted by molar-refractivity contribution is 0.358. The van der Waals surface area contributed by atoms with E-state index in [-0.39, 0.29) is 0 Å². The molecule has 0 spiro atoms. The van der Waals surface area contributed by atoms with Crippen molar-refractivity contribution in [3.63, 3.8) is 0 Å². The molecule has 0 atom stereocenters. The smallest absolute Gasteiger partial charge is 0.124 e. The van der Waals surface area contributed by atoms with Crippen molar-refractivity contribution in [2.24, 2.45) is 0 Å². The van der Waals surface area contributed by atoms with Crippen LogP contribution in [0.25, 0.3) is 0 Å². The molecule has 0 aliphatic rings. The van der Waals surface area contributed by atoms with Crippen molar-refractivity contribution in [1.29, 1.82) is 0 Å². The summed E-state index contributed by atoms with van der Waals surface area (Å²) in [4.78, 5) is 0. The summed E-state index contributed by atoms with van der Waals surface area (Å²) < 4.78 is 5.58. The van der Waals surface area contributed by atoms with Crippen molar-refractivity contribution < 1.29 is 4.74 Å². The van der Waals surface area contributed by atoms with Gasteiger partial charge in [-0.05, 0) is 13.0 Å². The van der Waals surface area contributed by atoms with E-state index < -0.39 is 0 Å². The molecule has 0 aliphatic carbocycles. The number of ether oxygens (including phenoxy) is 1. The number of hydrogen-bond acceptors (Lipinski definition) is 2. The van der Waals surface area contributed by atoms with Gasteiger partial charge in [-0.3, -0.25) is 0 Å². The molecule has 0 heterocycles. The van der Waals surface area contributed by atoms with Crippen LogP contribution in [0.2, 0.25) is 0 Å². The second-order valence-corrected chi connectivity index (χ2v) is 3.56. The number of hydrogen-bond donors (Lipinski definition) is 1. The number of para-hydroxylation sites is 1. The van der Waals surface area contributed by atoms with Gasteiger partial charge in [-0.15, -0.1) is 11.8 Å². The number of rotatable bonds is 7. The minimum Gasteiger partial charge on any atom is -0.489 e. The minimum atomic E-state index is 0.540. The summed E-state index contributed by atoms with van der Waals surface area (Å²) in [6, 6.07) is 8.04. The predicted octanol–water partition coefficient (Wildman–Crippen LogP) is 2.75. The fraction of sp³-hybridized carbons (Fsp3) is 0.333. The summed E-state index contributed by atoms with van der Waals surface area (Å²) in [5.41, 5.74) is 1.17. The van der Waals surface area contributed by atoms with Crippen LogP contribution in [0.4, 0.5) is 0 Å². The predicted molar refractivity (Wildman–Crippen MR) is 71.9 cm³/mol. The molecule has 1 N–H and O–H groups in total. The van der Waals surface area contributed by atoms with Gasteiger partial charge in [-0.1, -0.05) is 30.9 Å². The average Bonchev–Trinajstić information content (AvgIpc) is 2.37. The van der Waals surface area contributed by atoms with Crippen LogP contribution >= 0.6 is 0 Å². The van der Waals surface area contributed by atoms with E-state index in [1.54, 1.807) is 6.08 Å². The lowest BCUT2D eigenvalue weighted by Crippen LogP contribution is -2.15. The van der Waals surface area contributed by atoms with Crippen molar-refractivity contribution in [1.82, 2.24) is 5.32 Å². The molecule has 1 aromatic carbocycles. The van der Waals surface area contributed by atoms with Gasteiger partial charge in [0.1, 0.15) is 12.4 Å². The van der Waals surface area contributed by atoms with E-state index in [9.17, 15) is 0 Å². The summed E-state index contributed by atoms with van der Waals surface area (Å²) in [6.45, 7) is 7.75. The maximum Gasteiger partial charge on any atom is 0.124 e. The van der Waals surface area contributed by atoms with E-state index in [2.05, 4.69) is 29.8 Å². The molecule has 0 saturated carbocycles. The zero-order valence-corrected chi connectivity index (χ0v) is 10.3. The SMILES string of the molecule is C=CCOc1ccccc1CNCCC#CC. The van der Waals surface area contributed by atoms with Gasteiger partial charge in [-0.2, -0.15) is 0 Å². The van der Waals surface area contributed by atoms with Gasteiger partial charge in [0, 0.05) is 25.1 Å². The average molecular weight is 229 g/mol. The van der Waals surface area contributed by atoms with Gasteiger partial charge in [0.2, 0.25) is 0 Å². The zero-order chi connectivity index (χ0) is 12.3. The Morgan fingerprint density at radius 3 is 3.00 bits per heavy atom. The lowest BCUT2D eigenvalue weighted by Gasteiger charge is -2.10. The second kappa shape index (κ2) is 8.43. The Morgan fingerprint density at radius 1 is 1.41 bits per heavy atom. The molecular formula is C15H19NO. The van der Waals surface area contributed by atoms with Crippen molar-refractivity contribution in [2.75, 3.05) is 13.2 Å². The standard InChI is InChI=1S/C15H19NO/c1-3-5-8-11-16-13-14-9-6-7-10-15(14)17-12-4-2/h4,6-7,9-10,16H,2,8,11-13H2,1H3. The first-order valence-corrected chi connectivity index (χ1v) is 5.80. The van der Waals surface area contributed by atoms with E-state index in [1.165, 1.54) is 5.56 Å². The monoisotopic (exact) mass is 229 g/mol. The molecule has 1 aromatic rings. The molecule has 0 bridgehead atoms. The van der Waals surface area contributed by atoms with Crippen LogP contribution in [0, 0.1) is 11.8 Å². The normalized spacial score (nSPS) is 9.24. The van der Waals surface area contributed by atoms with E-state index in [0.717, 1.165) is 25.3 Å². The Labute approximate surface area is 104 Å². The highest BCUT2D eigenvalue weighted by Crippen LogP contribution is 2.17. The molecule has 0 fully saturated rings. The van der Waals surface area contributed by atoms with Gasteiger partial charge in [0.15, 0.2) is 0 Å². The summed E-state index contributed by atoms with van der Waals surface area (Å²) >= 11 is 0. The van der Waals surface area contributed by atoms with E-state index >= 15 is 0 Å². The quantitative estimate of drug-likeness (QED) is 0.441. The highest BCUT2D eigenvalue weighted by atomic mass is 16.5. The first-order valence-electron chi connectivity index (χ1n) is 5.80.